The summed E-state index contributed by atoms with van der Waals surface area (Å²) in [5.74, 6) is -0.239. The van der Waals surface area contributed by atoms with Crippen LogP contribution in [0.2, 0.25) is 0 Å². The molecule has 0 radical (unpaired) electrons. The second kappa shape index (κ2) is 7.31. The molecule has 0 aliphatic carbocycles. The summed E-state index contributed by atoms with van der Waals surface area (Å²) in [4.78, 5) is 30.8. The van der Waals surface area contributed by atoms with Crippen molar-refractivity contribution in [3.8, 4) is 11.3 Å². The van der Waals surface area contributed by atoms with E-state index in [1.807, 2.05) is 19.9 Å². The van der Waals surface area contributed by atoms with Gasteiger partial charge in [-0.1, -0.05) is 6.07 Å². The van der Waals surface area contributed by atoms with E-state index in [4.69, 9.17) is 17.2 Å². The van der Waals surface area contributed by atoms with Gasteiger partial charge in [-0.3, -0.25) is 9.59 Å². The Morgan fingerprint density at radius 3 is 2.42 bits per heavy atom. The van der Waals surface area contributed by atoms with Crippen molar-refractivity contribution in [1.82, 2.24) is 9.97 Å². The number of aromatic nitrogens is 2. The number of nitrogen functional groups attached to an aromatic ring is 1. The van der Waals surface area contributed by atoms with E-state index in [2.05, 4.69) is 9.97 Å². The van der Waals surface area contributed by atoms with Gasteiger partial charge < -0.3 is 17.2 Å². The zero-order chi connectivity index (χ0) is 17.9. The van der Waals surface area contributed by atoms with Gasteiger partial charge in [0, 0.05) is 23.3 Å². The first-order chi connectivity index (χ1) is 11.3. The van der Waals surface area contributed by atoms with Gasteiger partial charge in [-0.05, 0) is 37.1 Å². The summed E-state index contributed by atoms with van der Waals surface area (Å²) in [6, 6.07) is 5.37. The Balaban J connectivity index is 2.41. The molecule has 0 aliphatic rings. The number of amides is 2. The molecule has 0 saturated carbocycles. The molecule has 1 aromatic carbocycles. The summed E-state index contributed by atoms with van der Waals surface area (Å²) < 4.78 is 0. The Morgan fingerprint density at radius 2 is 1.79 bits per heavy atom. The SMILES string of the molecule is Cc1cc(C)c(-c2cc(SCCC(N)=O)nc(N)n2)cc1C(N)=O. The first-order valence-electron chi connectivity index (χ1n) is 7.25. The van der Waals surface area contributed by atoms with E-state index in [1.54, 1.807) is 12.1 Å². The van der Waals surface area contributed by atoms with Crippen LogP contribution in [0.4, 0.5) is 5.95 Å². The van der Waals surface area contributed by atoms with Crippen molar-refractivity contribution < 1.29 is 9.59 Å². The van der Waals surface area contributed by atoms with Crippen LogP contribution in [0.25, 0.3) is 11.3 Å². The van der Waals surface area contributed by atoms with Gasteiger partial charge in [0.25, 0.3) is 0 Å². The first-order valence-corrected chi connectivity index (χ1v) is 8.23. The number of thioether (sulfide) groups is 1. The van der Waals surface area contributed by atoms with Gasteiger partial charge in [0.2, 0.25) is 17.8 Å². The van der Waals surface area contributed by atoms with Crippen molar-refractivity contribution in [3.05, 3.63) is 34.9 Å². The summed E-state index contributed by atoms with van der Waals surface area (Å²) in [6.45, 7) is 3.75. The summed E-state index contributed by atoms with van der Waals surface area (Å²) in [5, 5.41) is 0.638. The van der Waals surface area contributed by atoms with Gasteiger partial charge in [-0.25, -0.2) is 9.97 Å². The van der Waals surface area contributed by atoms with Crippen molar-refractivity contribution >= 4 is 29.5 Å². The van der Waals surface area contributed by atoms with Gasteiger partial charge >= 0.3 is 0 Å². The number of nitrogens with zero attached hydrogens (tertiary/aromatic N) is 2. The fourth-order valence-electron chi connectivity index (χ4n) is 2.30. The molecule has 0 fully saturated rings. The zero-order valence-corrected chi connectivity index (χ0v) is 14.3. The van der Waals surface area contributed by atoms with Gasteiger partial charge in [-0.15, -0.1) is 11.8 Å². The lowest BCUT2D eigenvalue weighted by Gasteiger charge is -2.11. The van der Waals surface area contributed by atoms with E-state index >= 15 is 0 Å². The second-order valence-corrected chi connectivity index (χ2v) is 6.48. The maximum atomic E-state index is 11.6. The predicted octanol–water partition coefficient (Wildman–Crippen LogP) is 1.41. The van der Waals surface area contributed by atoms with E-state index < -0.39 is 5.91 Å². The Morgan fingerprint density at radius 1 is 1.08 bits per heavy atom. The first kappa shape index (κ1) is 17.7. The fraction of sp³-hybridized carbons (Fsp3) is 0.250. The number of rotatable bonds is 6. The van der Waals surface area contributed by atoms with E-state index in [1.165, 1.54) is 11.8 Å². The Hall–Kier alpha value is -2.61. The van der Waals surface area contributed by atoms with E-state index in [9.17, 15) is 9.59 Å². The van der Waals surface area contributed by atoms with Crippen LogP contribution in [0.3, 0.4) is 0 Å². The number of aryl methyl sites for hydroxylation is 2. The van der Waals surface area contributed by atoms with Crippen molar-refractivity contribution in [1.29, 1.82) is 0 Å². The van der Waals surface area contributed by atoms with Crippen molar-refractivity contribution in [2.75, 3.05) is 11.5 Å². The van der Waals surface area contributed by atoms with Crippen LogP contribution in [-0.4, -0.2) is 27.5 Å². The summed E-state index contributed by atoms with van der Waals surface area (Å²) in [6.07, 6.45) is 0.249. The molecular weight excluding hydrogens is 326 g/mol. The van der Waals surface area contributed by atoms with E-state index in [0.29, 0.717) is 22.0 Å². The molecule has 0 bridgehead atoms. The van der Waals surface area contributed by atoms with Gasteiger partial charge in [0.15, 0.2) is 0 Å². The molecule has 0 spiro atoms. The molecule has 0 atom stereocenters. The quantitative estimate of drug-likeness (QED) is 0.534. The third kappa shape index (κ3) is 4.23. The minimum absolute atomic E-state index is 0.120. The molecular formula is C16H19N5O2S. The normalized spacial score (nSPS) is 10.6. The molecule has 2 aromatic rings. The third-order valence-electron chi connectivity index (χ3n) is 3.43. The molecule has 8 heteroatoms. The Bertz CT molecular complexity index is 807. The predicted molar refractivity (Wildman–Crippen MR) is 94.4 cm³/mol. The van der Waals surface area contributed by atoms with Gasteiger partial charge in [0.05, 0.1) is 5.69 Å². The smallest absolute Gasteiger partial charge is 0.248 e. The summed E-state index contributed by atoms with van der Waals surface area (Å²) in [5.41, 5.74) is 19.9. The monoisotopic (exact) mass is 345 g/mol. The minimum Gasteiger partial charge on any atom is -0.370 e. The standard InChI is InChI=1S/C16H19N5O2S/c1-8-5-9(2)11(15(18)23)6-10(8)12-7-14(21-16(19)20-12)24-4-3-13(17)22/h5-7H,3-4H2,1-2H3,(H2,17,22)(H2,18,23)(H2,19,20,21). The van der Waals surface area contributed by atoms with Crippen molar-refractivity contribution in [2.24, 2.45) is 11.5 Å². The number of anilines is 1. The molecule has 2 amide bonds. The number of carbonyl (C=O) groups excluding carboxylic acids is 2. The Labute approximate surface area is 144 Å². The highest BCUT2D eigenvalue weighted by atomic mass is 32.2. The van der Waals surface area contributed by atoms with E-state index in [0.717, 1.165) is 16.7 Å². The molecule has 1 heterocycles. The summed E-state index contributed by atoms with van der Waals surface area (Å²) in [7, 11) is 0. The molecule has 2 rings (SSSR count). The number of primary amides is 2. The highest BCUT2D eigenvalue weighted by molar-refractivity contribution is 7.99. The van der Waals surface area contributed by atoms with Crippen LogP contribution in [0.15, 0.2) is 23.2 Å². The Kier molecular flexibility index (Phi) is 5.40. The average Bonchev–Trinajstić information content (AvgIpc) is 2.45. The largest absolute Gasteiger partial charge is 0.370 e. The lowest BCUT2D eigenvalue weighted by atomic mass is 9.97. The maximum absolute atomic E-state index is 11.6. The second-order valence-electron chi connectivity index (χ2n) is 5.36. The third-order valence-corrected chi connectivity index (χ3v) is 4.34. The van der Waals surface area contributed by atoms with Crippen LogP contribution in [0, 0.1) is 13.8 Å². The highest BCUT2D eigenvalue weighted by Gasteiger charge is 2.13. The average molecular weight is 345 g/mol. The molecule has 0 saturated heterocycles. The van der Waals surface area contributed by atoms with Crippen LogP contribution in [-0.2, 0) is 4.79 Å². The van der Waals surface area contributed by atoms with Crippen molar-refractivity contribution in [2.45, 2.75) is 25.3 Å². The molecule has 7 nitrogen and oxygen atoms in total. The van der Waals surface area contributed by atoms with Crippen LogP contribution >= 0.6 is 11.8 Å². The highest BCUT2D eigenvalue weighted by Crippen LogP contribution is 2.28. The fourth-order valence-corrected chi connectivity index (χ4v) is 3.17. The van der Waals surface area contributed by atoms with E-state index in [-0.39, 0.29) is 18.3 Å². The molecule has 24 heavy (non-hydrogen) atoms. The molecule has 1 aromatic heterocycles. The number of carbonyl (C=O) groups is 2. The van der Waals surface area contributed by atoms with Crippen LogP contribution in [0.5, 0.6) is 0 Å². The number of hydrogen-bond donors (Lipinski definition) is 3. The van der Waals surface area contributed by atoms with Gasteiger partial charge in [0.1, 0.15) is 5.03 Å². The molecule has 0 aliphatic heterocycles. The summed E-state index contributed by atoms with van der Waals surface area (Å²) >= 11 is 1.37. The lowest BCUT2D eigenvalue weighted by molar-refractivity contribution is -0.117. The zero-order valence-electron chi connectivity index (χ0n) is 13.5. The van der Waals surface area contributed by atoms with Crippen LogP contribution < -0.4 is 17.2 Å². The minimum atomic E-state index is -0.494. The van der Waals surface area contributed by atoms with Gasteiger partial charge in [-0.2, -0.15) is 0 Å². The lowest BCUT2D eigenvalue weighted by Crippen LogP contribution is -2.13. The molecule has 126 valence electrons. The molecule has 6 N–H and O–H groups in total. The number of hydrogen-bond acceptors (Lipinski definition) is 6. The molecule has 0 unspecified atom stereocenters. The van der Waals surface area contributed by atoms with Crippen molar-refractivity contribution in [3.63, 3.8) is 0 Å². The number of benzene rings is 1. The maximum Gasteiger partial charge on any atom is 0.248 e. The topological polar surface area (TPSA) is 138 Å². The van der Waals surface area contributed by atoms with Crippen LogP contribution in [0.1, 0.15) is 27.9 Å². The number of nitrogens with two attached hydrogens (primary N) is 3.